The molecule has 2 rings (SSSR count). The van der Waals surface area contributed by atoms with Crippen LogP contribution in [-0.2, 0) is 0 Å². The minimum absolute atomic E-state index is 0.0171. The molecule has 2 aromatic carbocycles. The summed E-state index contributed by atoms with van der Waals surface area (Å²) in [6.45, 7) is 2.04. The van der Waals surface area contributed by atoms with Crippen LogP contribution >= 0.6 is 23.2 Å². The monoisotopic (exact) mass is 353 g/mol. The van der Waals surface area contributed by atoms with Crippen LogP contribution in [0.3, 0.4) is 0 Å². The number of nitrogens with two attached hydrogens (primary N) is 1. The summed E-state index contributed by atoms with van der Waals surface area (Å²) >= 11 is 11.9. The lowest BCUT2D eigenvalue weighted by Crippen LogP contribution is -2.13. The lowest BCUT2D eigenvalue weighted by molar-refractivity contribution is 0.0728. The number of amides is 1. The summed E-state index contributed by atoms with van der Waals surface area (Å²) in [5, 5.41) is 0.444. The third kappa shape index (κ3) is 4.15. The summed E-state index contributed by atoms with van der Waals surface area (Å²) in [6, 6.07) is 8.97. The highest BCUT2D eigenvalue weighted by Crippen LogP contribution is 2.37. The van der Waals surface area contributed by atoms with Crippen molar-refractivity contribution in [1.82, 2.24) is 0 Å². The van der Waals surface area contributed by atoms with Crippen molar-refractivity contribution in [3.05, 3.63) is 57.6 Å². The van der Waals surface area contributed by atoms with Crippen LogP contribution in [0.1, 0.15) is 27.6 Å². The Morgan fingerprint density at radius 3 is 2.48 bits per heavy atom. The van der Waals surface area contributed by atoms with Crippen molar-refractivity contribution in [2.45, 2.75) is 6.92 Å². The standard InChI is InChI=1S/C16H13Cl2NO4/c1-2-22-13-8-10(15(19)20)7-12(18)14(13)23-16(21)9-4-3-5-11(17)6-9/h3-8H,2H2,1H3,(H2,19,20). The highest BCUT2D eigenvalue weighted by atomic mass is 35.5. The number of hydrogen-bond donors (Lipinski definition) is 1. The van der Waals surface area contributed by atoms with Crippen LogP contribution in [-0.4, -0.2) is 18.5 Å². The van der Waals surface area contributed by atoms with Crippen molar-refractivity contribution in [3.63, 3.8) is 0 Å². The average molecular weight is 354 g/mol. The van der Waals surface area contributed by atoms with E-state index in [1.165, 1.54) is 18.2 Å². The van der Waals surface area contributed by atoms with Crippen LogP contribution in [0.2, 0.25) is 10.0 Å². The highest BCUT2D eigenvalue weighted by Gasteiger charge is 2.19. The quantitative estimate of drug-likeness (QED) is 0.656. The number of rotatable bonds is 5. The van der Waals surface area contributed by atoms with Crippen LogP contribution in [0, 0.1) is 0 Å². The zero-order valence-corrected chi connectivity index (χ0v) is 13.6. The lowest BCUT2D eigenvalue weighted by atomic mass is 10.2. The van der Waals surface area contributed by atoms with Crippen molar-refractivity contribution in [3.8, 4) is 11.5 Å². The summed E-state index contributed by atoms with van der Waals surface area (Å²) in [5.41, 5.74) is 5.64. The molecule has 0 aromatic heterocycles. The zero-order valence-electron chi connectivity index (χ0n) is 12.1. The van der Waals surface area contributed by atoms with Gasteiger partial charge in [-0.05, 0) is 37.3 Å². The second kappa shape index (κ2) is 7.35. The van der Waals surface area contributed by atoms with Crippen molar-refractivity contribution in [1.29, 1.82) is 0 Å². The Hall–Kier alpha value is -2.24. The molecule has 0 bridgehead atoms. The molecular weight excluding hydrogens is 341 g/mol. The van der Waals surface area contributed by atoms with Crippen LogP contribution < -0.4 is 15.2 Å². The Balaban J connectivity index is 2.38. The molecule has 0 saturated carbocycles. The minimum Gasteiger partial charge on any atom is -0.490 e. The predicted molar refractivity (Wildman–Crippen MR) is 87.5 cm³/mol. The van der Waals surface area contributed by atoms with E-state index in [2.05, 4.69) is 0 Å². The number of carbonyl (C=O) groups is 2. The lowest BCUT2D eigenvalue weighted by Gasteiger charge is -2.13. The van der Waals surface area contributed by atoms with Gasteiger partial charge < -0.3 is 15.2 Å². The van der Waals surface area contributed by atoms with Gasteiger partial charge in [-0.1, -0.05) is 29.3 Å². The maximum Gasteiger partial charge on any atom is 0.343 e. The van der Waals surface area contributed by atoms with E-state index >= 15 is 0 Å². The molecule has 0 atom stereocenters. The van der Waals surface area contributed by atoms with E-state index in [0.717, 1.165) is 0 Å². The minimum atomic E-state index is -0.666. The van der Waals surface area contributed by atoms with E-state index in [0.29, 0.717) is 11.6 Å². The number of carbonyl (C=O) groups excluding carboxylic acids is 2. The molecule has 0 aliphatic heterocycles. The number of primary amides is 1. The largest absolute Gasteiger partial charge is 0.490 e. The molecule has 0 fully saturated rings. The molecular formula is C16H13Cl2NO4. The van der Waals surface area contributed by atoms with Gasteiger partial charge in [-0.15, -0.1) is 0 Å². The Bertz CT molecular complexity index is 762. The fraction of sp³-hybridized carbons (Fsp3) is 0.125. The summed E-state index contributed by atoms with van der Waals surface area (Å²) in [5.74, 6) is -1.14. The molecule has 2 aromatic rings. The number of benzene rings is 2. The van der Waals surface area contributed by atoms with Gasteiger partial charge >= 0.3 is 5.97 Å². The molecule has 0 spiro atoms. The Morgan fingerprint density at radius 2 is 1.87 bits per heavy atom. The summed E-state index contributed by atoms with van der Waals surface area (Å²) in [4.78, 5) is 23.5. The molecule has 2 N–H and O–H groups in total. The smallest absolute Gasteiger partial charge is 0.343 e. The first-order valence-electron chi connectivity index (χ1n) is 6.66. The fourth-order valence-corrected chi connectivity index (χ4v) is 2.28. The van der Waals surface area contributed by atoms with E-state index in [-0.39, 0.29) is 27.6 Å². The molecule has 0 radical (unpaired) electrons. The first kappa shape index (κ1) is 17.1. The molecule has 0 aliphatic rings. The van der Waals surface area contributed by atoms with Gasteiger partial charge in [0.2, 0.25) is 5.91 Å². The van der Waals surface area contributed by atoms with Crippen LogP contribution in [0.5, 0.6) is 11.5 Å². The molecule has 1 amide bonds. The molecule has 0 saturated heterocycles. The molecule has 0 heterocycles. The van der Waals surface area contributed by atoms with Crippen LogP contribution in [0.4, 0.5) is 0 Å². The number of halogens is 2. The van der Waals surface area contributed by atoms with Crippen molar-refractivity contribution in [2.75, 3.05) is 6.61 Å². The first-order chi connectivity index (χ1) is 10.9. The number of ether oxygens (including phenoxy) is 2. The first-order valence-corrected chi connectivity index (χ1v) is 7.42. The number of esters is 1. The SMILES string of the molecule is CCOc1cc(C(N)=O)cc(Cl)c1OC(=O)c1cccc(Cl)c1. The van der Waals surface area contributed by atoms with E-state index in [1.807, 2.05) is 0 Å². The van der Waals surface area contributed by atoms with Gasteiger partial charge in [0, 0.05) is 10.6 Å². The summed E-state index contributed by atoms with van der Waals surface area (Å²) in [7, 11) is 0. The second-order valence-corrected chi connectivity index (χ2v) is 5.33. The topological polar surface area (TPSA) is 78.6 Å². The molecule has 5 nitrogen and oxygen atoms in total. The van der Waals surface area contributed by atoms with Crippen LogP contribution in [0.25, 0.3) is 0 Å². The van der Waals surface area contributed by atoms with Gasteiger partial charge in [-0.3, -0.25) is 4.79 Å². The molecule has 120 valence electrons. The number of hydrogen-bond acceptors (Lipinski definition) is 4. The van der Waals surface area contributed by atoms with Crippen molar-refractivity contribution < 1.29 is 19.1 Å². The van der Waals surface area contributed by atoms with Gasteiger partial charge in [-0.25, -0.2) is 4.79 Å². The van der Waals surface area contributed by atoms with E-state index in [1.54, 1.807) is 25.1 Å². The Kier molecular flexibility index (Phi) is 5.47. The molecule has 0 aliphatic carbocycles. The second-order valence-electron chi connectivity index (χ2n) is 4.48. The van der Waals surface area contributed by atoms with Crippen molar-refractivity contribution in [2.24, 2.45) is 5.73 Å². The molecule has 7 heteroatoms. The van der Waals surface area contributed by atoms with Crippen LogP contribution in [0.15, 0.2) is 36.4 Å². The van der Waals surface area contributed by atoms with E-state index in [4.69, 9.17) is 38.4 Å². The van der Waals surface area contributed by atoms with Gasteiger partial charge in [0.1, 0.15) is 0 Å². The third-order valence-electron chi connectivity index (χ3n) is 2.85. The summed E-state index contributed by atoms with van der Waals surface area (Å²) < 4.78 is 10.7. The van der Waals surface area contributed by atoms with E-state index < -0.39 is 11.9 Å². The summed E-state index contributed by atoms with van der Waals surface area (Å²) in [6.07, 6.45) is 0. The molecule has 0 unspecified atom stereocenters. The van der Waals surface area contributed by atoms with Gasteiger partial charge in [0.15, 0.2) is 11.5 Å². The van der Waals surface area contributed by atoms with Gasteiger partial charge in [-0.2, -0.15) is 0 Å². The predicted octanol–water partition coefficient (Wildman–Crippen LogP) is 3.71. The normalized spacial score (nSPS) is 10.2. The Morgan fingerprint density at radius 1 is 1.13 bits per heavy atom. The van der Waals surface area contributed by atoms with Gasteiger partial charge in [0.05, 0.1) is 17.2 Å². The zero-order chi connectivity index (χ0) is 17.0. The van der Waals surface area contributed by atoms with Gasteiger partial charge in [0.25, 0.3) is 0 Å². The third-order valence-corrected chi connectivity index (χ3v) is 3.36. The highest BCUT2D eigenvalue weighted by molar-refractivity contribution is 6.33. The molecule has 23 heavy (non-hydrogen) atoms. The Labute approximate surface area is 142 Å². The van der Waals surface area contributed by atoms with Crippen molar-refractivity contribution >= 4 is 35.1 Å². The average Bonchev–Trinajstić information content (AvgIpc) is 2.50. The maximum absolute atomic E-state index is 12.2. The maximum atomic E-state index is 12.2. The fourth-order valence-electron chi connectivity index (χ4n) is 1.84. The van der Waals surface area contributed by atoms with E-state index in [9.17, 15) is 9.59 Å².